The molecule has 0 spiro atoms. The first-order valence-electron chi connectivity index (χ1n) is 3.55. The summed E-state index contributed by atoms with van der Waals surface area (Å²) in [5.41, 5.74) is 1.74. The van der Waals surface area contributed by atoms with Crippen molar-refractivity contribution in [2.24, 2.45) is 0 Å². The number of carbonyl (C=O) groups is 1. The number of hydrogen-bond donors (Lipinski definition) is 2. The molecule has 12 heavy (non-hydrogen) atoms. The van der Waals surface area contributed by atoms with Crippen LogP contribution < -0.4 is 5.32 Å². The Balaban J connectivity index is 2.69. The van der Waals surface area contributed by atoms with E-state index in [2.05, 4.69) is 22.9 Å². The number of rotatable bonds is 2. The SMILES string of the molecule is Cc1cncc(NC(=O)CS)c1. The summed E-state index contributed by atoms with van der Waals surface area (Å²) in [4.78, 5) is 14.8. The van der Waals surface area contributed by atoms with Gasteiger partial charge in [-0.2, -0.15) is 12.6 Å². The number of carbonyl (C=O) groups excluding carboxylic acids is 1. The minimum absolute atomic E-state index is 0.120. The van der Waals surface area contributed by atoms with Crippen molar-refractivity contribution in [2.45, 2.75) is 6.92 Å². The molecule has 0 aliphatic carbocycles. The van der Waals surface area contributed by atoms with Gasteiger partial charge in [-0.3, -0.25) is 9.78 Å². The Bertz CT molecular complexity index is 288. The van der Waals surface area contributed by atoms with Crippen LogP contribution >= 0.6 is 12.6 Å². The van der Waals surface area contributed by atoms with Gasteiger partial charge < -0.3 is 5.32 Å². The first-order chi connectivity index (χ1) is 5.72. The highest BCUT2D eigenvalue weighted by atomic mass is 32.1. The molecule has 0 atom stereocenters. The van der Waals surface area contributed by atoms with Crippen molar-refractivity contribution in [1.29, 1.82) is 0 Å². The molecule has 0 saturated heterocycles. The molecule has 64 valence electrons. The van der Waals surface area contributed by atoms with Gasteiger partial charge in [-0.1, -0.05) is 0 Å². The summed E-state index contributed by atoms with van der Waals surface area (Å²) in [6.45, 7) is 1.92. The highest BCUT2D eigenvalue weighted by molar-refractivity contribution is 7.81. The number of anilines is 1. The van der Waals surface area contributed by atoms with Gasteiger partial charge >= 0.3 is 0 Å². The van der Waals surface area contributed by atoms with Gasteiger partial charge in [-0.05, 0) is 18.6 Å². The molecule has 1 aromatic heterocycles. The molecule has 1 amide bonds. The summed E-state index contributed by atoms with van der Waals surface area (Å²) in [5.74, 6) is 0.0687. The molecule has 0 saturated carbocycles. The van der Waals surface area contributed by atoms with E-state index in [0.29, 0.717) is 5.69 Å². The van der Waals surface area contributed by atoms with Crippen LogP contribution in [0.2, 0.25) is 0 Å². The van der Waals surface area contributed by atoms with Crippen molar-refractivity contribution in [3.63, 3.8) is 0 Å². The number of aryl methyl sites for hydroxylation is 1. The summed E-state index contributed by atoms with van der Waals surface area (Å²) >= 11 is 3.84. The third kappa shape index (κ3) is 2.54. The van der Waals surface area contributed by atoms with Gasteiger partial charge in [0.2, 0.25) is 5.91 Å². The number of hydrogen-bond acceptors (Lipinski definition) is 3. The van der Waals surface area contributed by atoms with Gasteiger partial charge in [0.05, 0.1) is 17.6 Å². The third-order valence-corrected chi connectivity index (χ3v) is 1.59. The number of pyridine rings is 1. The van der Waals surface area contributed by atoms with E-state index in [0.717, 1.165) is 5.56 Å². The van der Waals surface area contributed by atoms with E-state index in [9.17, 15) is 4.79 Å². The monoisotopic (exact) mass is 182 g/mol. The normalized spacial score (nSPS) is 9.50. The Labute approximate surface area is 76.6 Å². The Hall–Kier alpha value is -1.03. The number of nitrogens with one attached hydrogen (secondary N) is 1. The fourth-order valence-corrected chi connectivity index (χ4v) is 0.903. The van der Waals surface area contributed by atoms with Crippen molar-refractivity contribution in [1.82, 2.24) is 4.98 Å². The van der Waals surface area contributed by atoms with Crippen LogP contribution in [-0.4, -0.2) is 16.6 Å². The Morgan fingerprint density at radius 1 is 1.67 bits per heavy atom. The minimum Gasteiger partial charge on any atom is -0.324 e. The van der Waals surface area contributed by atoms with Crippen LogP contribution in [0.15, 0.2) is 18.5 Å². The number of thiol groups is 1. The maximum Gasteiger partial charge on any atom is 0.234 e. The van der Waals surface area contributed by atoms with Crippen LogP contribution in [0.5, 0.6) is 0 Å². The van der Waals surface area contributed by atoms with E-state index in [1.54, 1.807) is 12.4 Å². The predicted octanol–water partition coefficient (Wildman–Crippen LogP) is 1.26. The zero-order valence-corrected chi connectivity index (χ0v) is 7.64. The Morgan fingerprint density at radius 2 is 2.42 bits per heavy atom. The average Bonchev–Trinajstić information content (AvgIpc) is 2.04. The van der Waals surface area contributed by atoms with Gasteiger partial charge in [-0.25, -0.2) is 0 Å². The quantitative estimate of drug-likeness (QED) is 0.676. The van der Waals surface area contributed by atoms with Gasteiger partial charge in [0.1, 0.15) is 0 Å². The molecule has 4 heteroatoms. The molecule has 1 N–H and O–H groups in total. The molecule has 0 bridgehead atoms. The molecule has 3 nitrogen and oxygen atoms in total. The minimum atomic E-state index is -0.120. The topological polar surface area (TPSA) is 42.0 Å². The van der Waals surface area contributed by atoms with Crippen LogP contribution in [-0.2, 0) is 4.79 Å². The molecule has 0 aliphatic heterocycles. The van der Waals surface area contributed by atoms with E-state index < -0.39 is 0 Å². The molecule has 0 aromatic carbocycles. The maximum absolute atomic E-state index is 10.9. The van der Waals surface area contributed by atoms with Gasteiger partial charge in [0.15, 0.2) is 0 Å². The third-order valence-electron chi connectivity index (χ3n) is 1.30. The Morgan fingerprint density at radius 3 is 3.00 bits per heavy atom. The second-order valence-electron chi connectivity index (χ2n) is 2.46. The number of nitrogens with zero attached hydrogens (tertiary/aromatic N) is 1. The molecular weight excluding hydrogens is 172 g/mol. The first kappa shape index (κ1) is 9.06. The standard InChI is InChI=1S/C8H10N2OS/c1-6-2-7(4-9-3-6)10-8(11)5-12/h2-4,12H,5H2,1H3,(H,10,11). The molecular formula is C8H10N2OS. The number of amides is 1. The van der Waals surface area contributed by atoms with E-state index >= 15 is 0 Å². The molecule has 0 radical (unpaired) electrons. The van der Waals surface area contributed by atoms with Crippen molar-refractivity contribution in [2.75, 3.05) is 11.1 Å². The van der Waals surface area contributed by atoms with Crippen LogP contribution in [0.25, 0.3) is 0 Å². The largest absolute Gasteiger partial charge is 0.324 e. The fourth-order valence-electron chi connectivity index (χ4n) is 0.824. The van der Waals surface area contributed by atoms with Gasteiger partial charge in [0.25, 0.3) is 0 Å². The zero-order chi connectivity index (χ0) is 8.97. The van der Waals surface area contributed by atoms with Crippen LogP contribution in [0, 0.1) is 6.92 Å². The number of aromatic nitrogens is 1. The second kappa shape index (κ2) is 4.11. The van der Waals surface area contributed by atoms with Crippen LogP contribution in [0.3, 0.4) is 0 Å². The molecule has 0 aliphatic rings. The molecule has 1 heterocycles. The molecule has 0 fully saturated rings. The molecule has 1 rings (SSSR count). The highest BCUT2D eigenvalue weighted by Crippen LogP contribution is 2.06. The predicted molar refractivity (Wildman–Crippen MR) is 51.5 cm³/mol. The Kier molecular flexibility index (Phi) is 3.10. The fraction of sp³-hybridized carbons (Fsp3) is 0.250. The van der Waals surface area contributed by atoms with Gasteiger partial charge in [0, 0.05) is 6.20 Å². The molecule has 1 aromatic rings. The molecule has 0 unspecified atom stereocenters. The van der Waals surface area contributed by atoms with Crippen molar-refractivity contribution >= 4 is 24.2 Å². The van der Waals surface area contributed by atoms with E-state index in [1.807, 2.05) is 13.0 Å². The lowest BCUT2D eigenvalue weighted by atomic mass is 10.3. The smallest absolute Gasteiger partial charge is 0.234 e. The summed E-state index contributed by atoms with van der Waals surface area (Å²) in [6.07, 6.45) is 3.34. The maximum atomic E-state index is 10.9. The van der Waals surface area contributed by atoms with E-state index in [4.69, 9.17) is 0 Å². The average molecular weight is 182 g/mol. The summed E-state index contributed by atoms with van der Waals surface area (Å²) in [6, 6.07) is 1.86. The van der Waals surface area contributed by atoms with Crippen molar-refractivity contribution < 1.29 is 4.79 Å². The lowest BCUT2D eigenvalue weighted by molar-refractivity contribution is -0.113. The highest BCUT2D eigenvalue weighted by Gasteiger charge is 1.98. The lowest BCUT2D eigenvalue weighted by Crippen LogP contribution is -2.12. The van der Waals surface area contributed by atoms with Crippen molar-refractivity contribution in [3.05, 3.63) is 24.0 Å². The van der Waals surface area contributed by atoms with E-state index in [1.165, 1.54) is 0 Å². The van der Waals surface area contributed by atoms with Gasteiger partial charge in [-0.15, -0.1) is 0 Å². The van der Waals surface area contributed by atoms with Crippen molar-refractivity contribution in [3.8, 4) is 0 Å². The zero-order valence-electron chi connectivity index (χ0n) is 6.74. The van der Waals surface area contributed by atoms with E-state index in [-0.39, 0.29) is 11.7 Å². The first-order valence-corrected chi connectivity index (χ1v) is 4.18. The van der Waals surface area contributed by atoms with Crippen LogP contribution in [0.1, 0.15) is 5.56 Å². The van der Waals surface area contributed by atoms with Crippen LogP contribution in [0.4, 0.5) is 5.69 Å². The lowest BCUT2D eigenvalue weighted by Gasteiger charge is -2.02. The summed E-state index contributed by atoms with van der Waals surface area (Å²) < 4.78 is 0. The summed E-state index contributed by atoms with van der Waals surface area (Å²) in [7, 11) is 0. The summed E-state index contributed by atoms with van der Waals surface area (Å²) in [5, 5.41) is 2.65. The second-order valence-corrected chi connectivity index (χ2v) is 2.77.